The maximum atomic E-state index is 13.3. The predicted octanol–water partition coefficient (Wildman–Crippen LogP) is 4.95. The van der Waals surface area contributed by atoms with Crippen LogP contribution in [0.4, 0.5) is 5.69 Å². The van der Waals surface area contributed by atoms with Crippen LogP contribution in [-0.4, -0.2) is 25.4 Å². The molecule has 0 saturated heterocycles. The van der Waals surface area contributed by atoms with Crippen LogP contribution in [0.5, 0.6) is 0 Å². The molecule has 5 rings (SSSR count). The number of thioether (sulfide) groups is 1. The number of benzene rings is 2. The van der Waals surface area contributed by atoms with Crippen molar-refractivity contribution in [2.45, 2.75) is 10.9 Å². The molecular weight excluding hydrogens is 410 g/mol. The van der Waals surface area contributed by atoms with Crippen LogP contribution in [0, 0.1) is 0 Å². The molecule has 0 aliphatic rings. The molecule has 7 nitrogen and oxygen atoms in total. The van der Waals surface area contributed by atoms with E-state index in [0.29, 0.717) is 22.2 Å². The summed E-state index contributed by atoms with van der Waals surface area (Å²) in [6.07, 6.45) is 8.61. The summed E-state index contributed by atoms with van der Waals surface area (Å²) in [6.45, 7) is 0. The Hall–Kier alpha value is -3.91. The molecule has 1 amide bonds. The van der Waals surface area contributed by atoms with Gasteiger partial charge in [-0.2, -0.15) is 0 Å². The van der Waals surface area contributed by atoms with E-state index in [0.717, 1.165) is 16.6 Å². The van der Waals surface area contributed by atoms with Crippen molar-refractivity contribution < 1.29 is 9.21 Å². The number of amides is 1. The standard InChI is InChI=1S/C23H17N5O2S/c29-22(27-18-7-2-3-8-19(18)28-13-12-24-15-28)21-17(14-31-23-25-10-5-11-26-23)16-6-1-4-9-20(16)30-21/h1-13,15H,14H2,(H,27,29). The molecule has 0 radical (unpaired) electrons. The third kappa shape index (κ3) is 3.93. The van der Waals surface area contributed by atoms with Crippen LogP contribution < -0.4 is 5.32 Å². The van der Waals surface area contributed by atoms with Crippen LogP contribution in [-0.2, 0) is 5.75 Å². The fourth-order valence-corrected chi connectivity index (χ4v) is 4.14. The van der Waals surface area contributed by atoms with Gasteiger partial charge in [-0.25, -0.2) is 15.0 Å². The number of rotatable bonds is 6. The van der Waals surface area contributed by atoms with Crippen molar-refractivity contribution >= 4 is 34.3 Å². The van der Waals surface area contributed by atoms with E-state index in [4.69, 9.17) is 4.42 Å². The number of carbonyl (C=O) groups excluding carboxylic acids is 1. The fourth-order valence-electron chi connectivity index (χ4n) is 3.31. The molecule has 8 heteroatoms. The maximum Gasteiger partial charge on any atom is 0.291 e. The summed E-state index contributed by atoms with van der Waals surface area (Å²) in [7, 11) is 0. The average Bonchev–Trinajstić information content (AvgIpc) is 3.47. The Morgan fingerprint density at radius 1 is 1.00 bits per heavy atom. The van der Waals surface area contributed by atoms with Gasteiger partial charge in [-0.15, -0.1) is 0 Å². The van der Waals surface area contributed by atoms with Gasteiger partial charge in [0.2, 0.25) is 0 Å². The Balaban J connectivity index is 1.48. The number of imidazole rings is 1. The minimum atomic E-state index is -0.312. The summed E-state index contributed by atoms with van der Waals surface area (Å²) in [5.74, 6) is 0.478. The zero-order valence-electron chi connectivity index (χ0n) is 16.3. The molecular formula is C23H17N5O2S. The molecule has 3 aromatic heterocycles. The van der Waals surface area contributed by atoms with Gasteiger partial charge in [-0.1, -0.05) is 42.1 Å². The maximum absolute atomic E-state index is 13.3. The zero-order valence-corrected chi connectivity index (χ0v) is 17.1. The lowest BCUT2D eigenvalue weighted by molar-refractivity contribution is 0.0998. The SMILES string of the molecule is O=C(Nc1ccccc1-n1ccnc1)c1oc2ccccc2c1CSc1ncccn1. The van der Waals surface area contributed by atoms with E-state index in [1.165, 1.54) is 11.8 Å². The molecule has 0 atom stereocenters. The summed E-state index contributed by atoms with van der Waals surface area (Å²) in [4.78, 5) is 25.9. The smallest absolute Gasteiger partial charge is 0.291 e. The van der Waals surface area contributed by atoms with Gasteiger partial charge in [-0.3, -0.25) is 4.79 Å². The lowest BCUT2D eigenvalue weighted by atomic mass is 10.1. The molecule has 1 N–H and O–H groups in total. The van der Waals surface area contributed by atoms with Crippen molar-refractivity contribution in [3.05, 3.63) is 97.0 Å². The van der Waals surface area contributed by atoms with E-state index < -0.39 is 0 Å². The summed E-state index contributed by atoms with van der Waals surface area (Å²) < 4.78 is 7.81. The van der Waals surface area contributed by atoms with Gasteiger partial charge in [0.25, 0.3) is 5.91 Å². The molecule has 0 aliphatic carbocycles. The van der Waals surface area contributed by atoms with E-state index in [9.17, 15) is 4.79 Å². The van der Waals surface area contributed by atoms with E-state index >= 15 is 0 Å². The highest BCUT2D eigenvalue weighted by Gasteiger charge is 2.22. The molecule has 2 aromatic carbocycles. The van der Waals surface area contributed by atoms with Gasteiger partial charge in [-0.05, 0) is 24.3 Å². The second-order valence-corrected chi connectivity index (χ2v) is 7.61. The van der Waals surface area contributed by atoms with Crippen LogP contribution in [0.25, 0.3) is 16.7 Å². The third-order valence-electron chi connectivity index (χ3n) is 4.73. The van der Waals surface area contributed by atoms with Crippen LogP contribution in [0.3, 0.4) is 0 Å². The van der Waals surface area contributed by atoms with Crippen molar-refractivity contribution in [1.29, 1.82) is 0 Å². The van der Waals surface area contributed by atoms with Crippen molar-refractivity contribution in [1.82, 2.24) is 19.5 Å². The molecule has 5 aromatic rings. The number of nitrogens with zero attached hydrogens (tertiary/aromatic N) is 4. The first-order valence-corrected chi connectivity index (χ1v) is 10.6. The van der Waals surface area contributed by atoms with Crippen LogP contribution in [0.1, 0.15) is 16.1 Å². The molecule has 0 bridgehead atoms. The van der Waals surface area contributed by atoms with Gasteiger partial charge in [0.15, 0.2) is 10.9 Å². The van der Waals surface area contributed by atoms with Crippen molar-refractivity contribution in [2.24, 2.45) is 0 Å². The monoisotopic (exact) mass is 427 g/mol. The molecule has 3 heterocycles. The van der Waals surface area contributed by atoms with Crippen molar-refractivity contribution in [2.75, 3.05) is 5.32 Å². The fraction of sp³-hybridized carbons (Fsp3) is 0.0435. The number of hydrogen-bond acceptors (Lipinski definition) is 6. The number of fused-ring (bicyclic) bond motifs is 1. The Labute approximate surface area is 182 Å². The zero-order chi connectivity index (χ0) is 21.0. The third-order valence-corrected chi connectivity index (χ3v) is 5.63. The van der Waals surface area contributed by atoms with Gasteiger partial charge in [0.1, 0.15) is 5.58 Å². The second-order valence-electron chi connectivity index (χ2n) is 6.67. The highest BCUT2D eigenvalue weighted by Crippen LogP contribution is 2.32. The number of para-hydroxylation sites is 3. The molecule has 152 valence electrons. The normalized spacial score (nSPS) is 11.0. The van der Waals surface area contributed by atoms with Crippen LogP contribution in [0.15, 0.2) is 95.3 Å². The first kappa shape index (κ1) is 19.1. The molecule has 0 aliphatic heterocycles. The quantitative estimate of drug-likeness (QED) is 0.305. The minimum Gasteiger partial charge on any atom is -0.451 e. The topological polar surface area (TPSA) is 85.8 Å². The minimum absolute atomic E-state index is 0.282. The lowest BCUT2D eigenvalue weighted by Crippen LogP contribution is -2.14. The Kier molecular flexibility index (Phi) is 5.20. The molecule has 0 unspecified atom stereocenters. The van der Waals surface area contributed by atoms with Gasteiger partial charge < -0.3 is 14.3 Å². The molecule has 0 spiro atoms. The van der Waals surface area contributed by atoms with Crippen molar-refractivity contribution in [3.63, 3.8) is 0 Å². The first-order chi connectivity index (χ1) is 15.3. The van der Waals surface area contributed by atoms with E-state index in [2.05, 4.69) is 20.3 Å². The number of hydrogen-bond donors (Lipinski definition) is 1. The Morgan fingerprint density at radius 3 is 2.65 bits per heavy atom. The van der Waals surface area contributed by atoms with Gasteiger partial charge in [0, 0.05) is 41.5 Å². The van der Waals surface area contributed by atoms with E-state index in [-0.39, 0.29) is 11.7 Å². The largest absolute Gasteiger partial charge is 0.451 e. The number of aromatic nitrogens is 4. The average molecular weight is 427 g/mol. The Bertz CT molecular complexity index is 1330. The van der Waals surface area contributed by atoms with Crippen LogP contribution in [0.2, 0.25) is 0 Å². The molecule has 31 heavy (non-hydrogen) atoms. The highest BCUT2D eigenvalue weighted by atomic mass is 32.2. The summed E-state index contributed by atoms with van der Waals surface area (Å²) in [5, 5.41) is 4.54. The van der Waals surface area contributed by atoms with Gasteiger partial charge in [0.05, 0.1) is 17.7 Å². The highest BCUT2D eigenvalue weighted by molar-refractivity contribution is 7.98. The summed E-state index contributed by atoms with van der Waals surface area (Å²) in [6, 6.07) is 17.0. The number of nitrogens with one attached hydrogen (secondary N) is 1. The number of carbonyl (C=O) groups is 1. The lowest BCUT2D eigenvalue weighted by Gasteiger charge is -2.11. The number of furan rings is 1. The molecule has 0 fully saturated rings. The van der Waals surface area contributed by atoms with Crippen molar-refractivity contribution in [3.8, 4) is 5.69 Å². The first-order valence-electron chi connectivity index (χ1n) is 9.58. The second kappa shape index (κ2) is 8.45. The summed E-state index contributed by atoms with van der Waals surface area (Å²) in [5.41, 5.74) is 2.96. The molecule has 0 saturated carbocycles. The van der Waals surface area contributed by atoms with Crippen LogP contribution >= 0.6 is 11.8 Å². The van der Waals surface area contributed by atoms with Gasteiger partial charge >= 0.3 is 0 Å². The Morgan fingerprint density at radius 2 is 1.81 bits per heavy atom. The summed E-state index contributed by atoms with van der Waals surface area (Å²) >= 11 is 1.46. The number of anilines is 1. The van der Waals surface area contributed by atoms with E-state index in [1.807, 2.05) is 59.3 Å². The predicted molar refractivity (Wildman–Crippen MR) is 119 cm³/mol. The van der Waals surface area contributed by atoms with E-state index in [1.54, 1.807) is 31.0 Å².